The number of thioether (sulfide) groups is 1. The normalized spacial score (nSPS) is 16.3. The second kappa shape index (κ2) is 10.0. The van der Waals surface area contributed by atoms with Crippen LogP contribution in [0.3, 0.4) is 0 Å². The Morgan fingerprint density at radius 2 is 1.96 bits per heavy atom. The third-order valence-corrected chi connectivity index (χ3v) is 5.87. The van der Waals surface area contributed by atoms with Crippen LogP contribution in [0.15, 0.2) is 47.1 Å². The summed E-state index contributed by atoms with van der Waals surface area (Å²) in [4.78, 5) is 14.7. The number of carbonyl (C=O) groups is 1. The first-order valence-corrected chi connectivity index (χ1v) is 10.6. The largest absolute Gasteiger partial charge is 0.468 e. The van der Waals surface area contributed by atoms with E-state index in [1.54, 1.807) is 18.0 Å². The number of piperidine rings is 1. The van der Waals surface area contributed by atoms with Gasteiger partial charge in [-0.05, 0) is 55.8 Å². The van der Waals surface area contributed by atoms with E-state index in [1.807, 2.05) is 36.4 Å². The first-order chi connectivity index (χ1) is 12.7. The summed E-state index contributed by atoms with van der Waals surface area (Å²) < 4.78 is 5.62. The molecule has 4 nitrogen and oxygen atoms in total. The highest BCUT2D eigenvalue weighted by molar-refractivity contribution is 7.99. The van der Waals surface area contributed by atoms with E-state index in [-0.39, 0.29) is 11.9 Å². The van der Waals surface area contributed by atoms with Gasteiger partial charge in [0.05, 0.1) is 18.1 Å². The van der Waals surface area contributed by atoms with Crippen molar-refractivity contribution in [1.82, 2.24) is 10.2 Å². The van der Waals surface area contributed by atoms with E-state index in [4.69, 9.17) is 16.0 Å². The van der Waals surface area contributed by atoms with Crippen molar-refractivity contribution in [1.29, 1.82) is 0 Å². The van der Waals surface area contributed by atoms with Crippen LogP contribution in [0.1, 0.15) is 36.6 Å². The molecule has 1 fully saturated rings. The topological polar surface area (TPSA) is 45.5 Å². The number of halogens is 1. The molecule has 6 heteroatoms. The van der Waals surface area contributed by atoms with Gasteiger partial charge in [-0.25, -0.2) is 0 Å². The van der Waals surface area contributed by atoms with Crippen molar-refractivity contribution in [2.75, 3.05) is 25.4 Å². The molecule has 0 saturated carbocycles. The minimum Gasteiger partial charge on any atom is -0.468 e. The molecule has 1 amide bonds. The molecule has 0 aliphatic carbocycles. The van der Waals surface area contributed by atoms with E-state index in [9.17, 15) is 4.79 Å². The van der Waals surface area contributed by atoms with E-state index >= 15 is 0 Å². The number of nitrogens with one attached hydrogen (secondary N) is 1. The molecule has 140 valence electrons. The third-order valence-electron chi connectivity index (χ3n) is 4.61. The van der Waals surface area contributed by atoms with Crippen molar-refractivity contribution >= 4 is 29.3 Å². The summed E-state index contributed by atoms with van der Waals surface area (Å²) in [6, 6.07) is 11.8. The monoisotopic (exact) mass is 392 g/mol. The van der Waals surface area contributed by atoms with Crippen molar-refractivity contribution in [2.24, 2.45) is 0 Å². The van der Waals surface area contributed by atoms with Crippen molar-refractivity contribution in [3.05, 3.63) is 59.0 Å². The molecule has 1 aromatic heterocycles. The number of amides is 1. The molecular weight excluding hydrogens is 368 g/mol. The van der Waals surface area contributed by atoms with E-state index in [1.165, 1.54) is 24.8 Å². The fraction of sp³-hybridized carbons (Fsp3) is 0.450. The van der Waals surface area contributed by atoms with Crippen molar-refractivity contribution in [3.8, 4) is 0 Å². The summed E-state index contributed by atoms with van der Waals surface area (Å²) in [5.74, 6) is 2.25. The number of hydrogen-bond donors (Lipinski definition) is 1. The fourth-order valence-electron chi connectivity index (χ4n) is 3.22. The Morgan fingerprint density at radius 3 is 2.65 bits per heavy atom. The second-order valence-corrected chi connectivity index (χ2v) is 7.97. The summed E-state index contributed by atoms with van der Waals surface area (Å²) >= 11 is 7.50. The van der Waals surface area contributed by atoms with Gasteiger partial charge in [-0.15, -0.1) is 11.8 Å². The number of carbonyl (C=O) groups excluding carboxylic acids is 1. The predicted molar refractivity (Wildman–Crippen MR) is 107 cm³/mol. The minimum atomic E-state index is 0.0672. The van der Waals surface area contributed by atoms with Gasteiger partial charge in [0, 0.05) is 17.3 Å². The van der Waals surface area contributed by atoms with Gasteiger partial charge in [-0.1, -0.05) is 30.2 Å². The van der Waals surface area contributed by atoms with Crippen LogP contribution in [0.5, 0.6) is 0 Å². The summed E-state index contributed by atoms with van der Waals surface area (Å²) in [5.41, 5.74) is 1.17. The van der Waals surface area contributed by atoms with Gasteiger partial charge in [0.1, 0.15) is 5.76 Å². The molecule has 1 aliphatic rings. The summed E-state index contributed by atoms with van der Waals surface area (Å²) in [6.07, 6.45) is 5.41. The molecule has 1 N–H and O–H groups in total. The molecule has 1 unspecified atom stereocenters. The average Bonchev–Trinajstić information content (AvgIpc) is 3.19. The molecule has 1 aliphatic heterocycles. The molecule has 0 radical (unpaired) electrons. The van der Waals surface area contributed by atoms with Crippen molar-refractivity contribution in [2.45, 2.75) is 31.1 Å². The Hall–Kier alpha value is -1.43. The minimum absolute atomic E-state index is 0.0672. The molecule has 3 rings (SSSR count). The zero-order valence-electron chi connectivity index (χ0n) is 14.8. The number of hydrogen-bond acceptors (Lipinski definition) is 4. The molecule has 0 bridgehead atoms. The Bertz CT molecular complexity index is 670. The lowest BCUT2D eigenvalue weighted by molar-refractivity contribution is -0.118. The maximum absolute atomic E-state index is 12.2. The first-order valence-electron chi connectivity index (χ1n) is 9.09. The number of nitrogens with zero attached hydrogens (tertiary/aromatic N) is 1. The van der Waals surface area contributed by atoms with E-state index in [0.29, 0.717) is 12.3 Å². The molecular formula is C20H25ClN2O2S. The Balaban J connectivity index is 1.45. The van der Waals surface area contributed by atoms with E-state index in [2.05, 4.69) is 10.2 Å². The standard InChI is InChI=1S/C20H25ClN2O2S/c21-17-8-6-16(7-9-17)14-26-15-20(24)22-13-18(19-5-4-12-25-19)23-10-2-1-3-11-23/h4-9,12,18H,1-3,10-11,13-15H2,(H,22,24). The van der Waals surface area contributed by atoms with Crippen LogP contribution in [0.2, 0.25) is 5.02 Å². The number of rotatable bonds is 8. The highest BCUT2D eigenvalue weighted by atomic mass is 35.5. The first kappa shape index (κ1) is 19.3. The van der Waals surface area contributed by atoms with Crippen LogP contribution in [0.4, 0.5) is 0 Å². The zero-order valence-corrected chi connectivity index (χ0v) is 16.4. The van der Waals surface area contributed by atoms with Gasteiger partial charge in [-0.3, -0.25) is 9.69 Å². The van der Waals surface area contributed by atoms with Crippen LogP contribution < -0.4 is 5.32 Å². The second-order valence-electron chi connectivity index (χ2n) is 6.55. The van der Waals surface area contributed by atoms with Gasteiger partial charge in [0.2, 0.25) is 5.91 Å². The quantitative estimate of drug-likeness (QED) is 0.717. The number of likely N-dealkylation sites (tertiary alicyclic amines) is 1. The van der Waals surface area contributed by atoms with Crippen molar-refractivity contribution in [3.63, 3.8) is 0 Å². The Morgan fingerprint density at radius 1 is 1.19 bits per heavy atom. The lowest BCUT2D eigenvalue weighted by Gasteiger charge is -2.33. The zero-order chi connectivity index (χ0) is 18.2. The smallest absolute Gasteiger partial charge is 0.230 e. The van der Waals surface area contributed by atoms with Crippen LogP contribution in [0.25, 0.3) is 0 Å². The van der Waals surface area contributed by atoms with Gasteiger partial charge in [0.25, 0.3) is 0 Å². The van der Waals surface area contributed by atoms with Crippen LogP contribution >= 0.6 is 23.4 Å². The summed E-state index contributed by atoms with van der Waals surface area (Å²) in [5, 5.41) is 3.82. The molecule has 1 saturated heterocycles. The molecule has 2 aromatic rings. The maximum atomic E-state index is 12.2. The van der Waals surface area contributed by atoms with Gasteiger partial charge in [0.15, 0.2) is 0 Å². The van der Waals surface area contributed by atoms with Crippen LogP contribution in [-0.4, -0.2) is 36.2 Å². The SMILES string of the molecule is O=C(CSCc1ccc(Cl)cc1)NCC(c1ccco1)N1CCCCC1. The van der Waals surface area contributed by atoms with Crippen LogP contribution in [0, 0.1) is 0 Å². The maximum Gasteiger partial charge on any atom is 0.230 e. The summed E-state index contributed by atoms with van der Waals surface area (Å²) in [7, 11) is 0. The fourth-order valence-corrected chi connectivity index (χ4v) is 4.17. The lowest BCUT2D eigenvalue weighted by Crippen LogP contribution is -2.40. The molecule has 0 spiro atoms. The van der Waals surface area contributed by atoms with Crippen molar-refractivity contribution < 1.29 is 9.21 Å². The summed E-state index contributed by atoms with van der Waals surface area (Å²) in [6.45, 7) is 2.72. The highest BCUT2D eigenvalue weighted by Crippen LogP contribution is 2.24. The number of furan rings is 1. The number of benzene rings is 1. The predicted octanol–water partition coefficient (Wildman–Crippen LogP) is 4.51. The van der Waals surface area contributed by atoms with Gasteiger partial charge >= 0.3 is 0 Å². The Labute approximate surface area is 164 Å². The lowest BCUT2D eigenvalue weighted by atomic mass is 10.1. The Kier molecular flexibility index (Phi) is 7.47. The molecule has 1 atom stereocenters. The van der Waals surface area contributed by atoms with E-state index in [0.717, 1.165) is 29.6 Å². The molecule has 2 heterocycles. The van der Waals surface area contributed by atoms with E-state index < -0.39 is 0 Å². The van der Waals surface area contributed by atoms with Crippen LogP contribution in [-0.2, 0) is 10.5 Å². The molecule has 1 aromatic carbocycles. The molecule has 26 heavy (non-hydrogen) atoms. The van der Waals surface area contributed by atoms with Gasteiger partial charge in [-0.2, -0.15) is 0 Å². The highest BCUT2D eigenvalue weighted by Gasteiger charge is 2.24. The van der Waals surface area contributed by atoms with Gasteiger partial charge < -0.3 is 9.73 Å². The third kappa shape index (κ3) is 5.79. The average molecular weight is 393 g/mol.